The van der Waals surface area contributed by atoms with E-state index in [0.29, 0.717) is 13.1 Å². The van der Waals surface area contributed by atoms with Gasteiger partial charge in [-0.05, 0) is 36.1 Å². The number of rotatable bonds is 3. The summed E-state index contributed by atoms with van der Waals surface area (Å²) in [6.45, 7) is 0.941. The lowest BCUT2D eigenvalue weighted by Crippen LogP contribution is -2.39. The van der Waals surface area contributed by atoms with Gasteiger partial charge in [-0.1, -0.05) is 17.7 Å². The molecule has 17 heavy (non-hydrogen) atoms. The number of amides is 2. The number of carbonyl (C=O) groups is 1. The van der Waals surface area contributed by atoms with Gasteiger partial charge in [-0.15, -0.1) is 0 Å². The van der Waals surface area contributed by atoms with E-state index >= 15 is 0 Å². The van der Waals surface area contributed by atoms with Crippen LogP contribution in [0.25, 0.3) is 0 Å². The van der Waals surface area contributed by atoms with Gasteiger partial charge in [0.05, 0.1) is 6.04 Å². The third kappa shape index (κ3) is 2.90. The summed E-state index contributed by atoms with van der Waals surface area (Å²) in [5.41, 5.74) is 7.71. The number of carbonyl (C=O) groups excluding carboxylic acids is 1. The van der Waals surface area contributed by atoms with Gasteiger partial charge < -0.3 is 16.4 Å². The molecule has 1 aromatic rings. The Balaban J connectivity index is 2.00. The highest BCUT2D eigenvalue weighted by Gasteiger charge is 2.23. The van der Waals surface area contributed by atoms with Crippen molar-refractivity contribution in [3.8, 4) is 0 Å². The third-order valence-corrected chi connectivity index (χ3v) is 3.15. The Hall–Kier alpha value is -1.26. The first kappa shape index (κ1) is 12.2. The second-order valence-corrected chi connectivity index (χ2v) is 4.56. The van der Waals surface area contributed by atoms with Gasteiger partial charge in [-0.3, -0.25) is 0 Å². The topological polar surface area (TPSA) is 67.1 Å². The van der Waals surface area contributed by atoms with Crippen LogP contribution in [-0.4, -0.2) is 19.1 Å². The first-order chi connectivity index (χ1) is 8.20. The van der Waals surface area contributed by atoms with Gasteiger partial charge in [0.15, 0.2) is 0 Å². The molecule has 5 heteroatoms. The molecule has 1 atom stereocenters. The van der Waals surface area contributed by atoms with Crippen molar-refractivity contribution in [3.63, 3.8) is 0 Å². The zero-order valence-electron chi connectivity index (χ0n) is 9.50. The lowest BCUT2D eigenvalue weighted by molar-refractivity contribution is 0.237. The molecule has 0 spiro atoms. The molecule has 0 unspecified atom stereocenters. The second-order valence-electron chi connectivity index (χ2n) is 4.12. The first-order valence-corrected chi connectivity index (χ1v) is 6.11. The zero-order valence-corrected chi connectivity index (χ0v) is 10.3. The number of hydrogen-bond donors (Lipinski definition) is 3. The maximum atomic E-state index is 11.5. The highest BCUT2D eigenvalue weighted by molar-refractivity contribution is 6.30. The minimum Gasteiger partial charge on any atom is -0.337 e. The van der Waals surface area contributed by atoms with E-state index in [1.807, 2.05) is 18.2 Å². The van der Waals surface area contributed by atoms with Gasteiger partial charge >= 0.3 is 6.03 Å². The minimum atomic E-state index is -0.164. The van der Waals surface area contributed by atoms with Crippen LogP contribution in [0.5, 0.6) is 0 Å². The maximum Gasteiger partial charge on any atom is 0.315 e. The summed E-state index contributed by atoms with van der Waals surface area (Å²) in [7, 11) is 0. The molecule has 4 nitrogen and oxygen atoms in total. The molecule has 0 bridgehead atoms. The highest BCUT2D eigenvalue weighted by atomic mass is 35.5. The molecule has 92 valence electrons. The van der Waals surface area contributed by atoms with Gasteiger partial charge in [-0.2, -0.15) is 0 Å². The fourth-order valence-corrected chi connectivity index (χ4v) is 2.33. The molecule has 0 saturated heterocycles. The van der Waals surface area contributed by atoms with Crippen LogP contribution in [0, 0.1) is 0 Å². The normalized spacial score (nSPS) is 17.6. The fraction of sp³-hybridized carbons (Fsp3) is 0.417. The van der Waals surface area contributed by atoms with E-state index in [-0.39, 0.29) is 12.1 Å². The Kier molecular flexibility index (Phi) is 3.86. The smallest absolute Gasteiger partial charge is 0.315 e. The van der Waals surface area contributed by atoms with Crippen molar-refractivity contribution >= 4 is 17.6 Å². The van der Waals surface area contributed by atoms with E-state index in [1.54, 1.807) is 0 Å². The van der Waals surface area contributed by atoms with Crippen LogP contribution in [0.1, 0.15) is 23.6 Å². The summed E-state index contributed by atoms with van der Waals surface area (Å²) in [5.74, 6) is 0. The highest BCUT2D eigenvalue weighted by Crippen LogP contribution is 2.32. The number of nitrogens with one attached hydrogen (secondary N) is 2. The van der Waals surface area contributed by atoms with Crippen molar-refractivity contribution in [1.29, 1.82) is 0 Å². The molecular weight excluding hydrogens is 238 g/mol. The first-order valence-electron chi connectivity index (χ1n) is 5.73. The van der Waals surface area contributed by atoms with E-state index < -0.39 is 0 Å². The summed E-state index contributed by atoms with van der Waals surface area (Å²) < 4.78 is 0. The van der Waals surface area contributed by atoms with Crippen LogP contribution in [0.3, 0.4) is 0 Å². The van der Waals surface area contributed by atoms with E-state index in [1.165, 1.54) is 5.56 Å². The van der Waals surface area contributed by atoms with Crippen LogP contribution in [-0.2, 0) is 6.42 Å². The number of nitrogens with two attached hydrogens (primary N) is 1. The lowest BCUT2D eigenvalue weighted by Gasteiger charge is -2.14. The number of hydrogen-bond acceptors (Lipinski definition) is 2. The third-order valence-electron chi connectivity index (χ3n) is 2.92. The van der Waals surface area contributed by atoms with Crippen molar-refractivity contribution in [2.24, 2.45) is 5.73 Å². The van der Waals surface area contributed by atoms with Crippen molar-refractivity contribution in [3.05, 3.63) is 34.3 Å². The predicted molar refractivity (Wildman–Crippen MR) is 68.1 cm³/mol. The van der Waals surface area contributed by atoms with Crippen LogP contribution in [0.2, 0.25) is 5.02 Å². The quantitative estimate of drug-likeness (QED) is 0.766. The van der Waals surface area contributed by atoms with Crippen LogP contribution in [0.15, 0.2) is 18.2 Å². The van der Waals surface area contributed by atoms with Crippen molar-refractivity contribution < 1.29 is 4.79 Å². The van der Waals surface area contributed by atoms with E-state index in [9.17, 15) is 4.79 Å². The monoisotopic (exact) mass is 253 g/mol. The van der Waals surface area contributed by atoms with E-state index in [0.717, 1.165) is 23.4 Å². The van der Waals surface area contributed by atoms with Gasteiger partial charge in [0, 0.05) is 18.1 Å². The second kappa shape index (κ2) is 5.38. The maximum absolute atomic E-state index is 11.5. The van der Waals surface area contributed by atoms with Crippen molar-refractivity contribution in [1.82, 2.24) is 10.6 Å². The standard InChI is InChI=1S/C12H16ClN3O/c13-9-2-3-10-8(7-9)1-4-11(10)16-12(17)15-6-5-14/h2-3,7,11H,1,4-6,14H2,(H2,15,16,17)/t11-/m1/s1. The van der Waals surface area contributed by atoms with Crippen LogP contribution < -0.4 is 16.4 Å². The molecule has 2 amide bonds. The molecule has 2 rings (SSSR count). The average molecular weight is 254 g/mol. The van der Waals surface area contributed by atoms with Crippen LogP contribution >= 0.6 is 11.6 Å². The molecule has 0 heterocycles. The summed E-state index contributed by atoms with van der Waals surface area (Å²) in [5, 5.41) is 6.39. The number of aryl methyl sites for hydroxylation is 1. The minimum absolute atomic E-state index is 0.0834. The molecule has 0 aliphatic heterocycles. The average Bonchev–Trinajstić information content (AvgIpc) is 2.69. The summed E-state index contributed by atoms with van der Waals surface area (Å²) in [6.07, 6.45) is 1.88. The molecule has 0 fully saturated rings. The lowest BCUT2D eigenvalue weighted by atomic mass is 10.1. The predicted octanol–water partition coefficient (Wildman–Crippen LogP) is 1.59. The molecule has 0 radical (unpaired) electrons. The Bertz CT molecular complexity index is 422. The van der Waals surface area contributed by atoms with Crippen LogP contribution in [0.4, 0.5) is 4.79 Å². The molecule has 1 aliphatic rings. The number of fused-ring (bicyclic) bond motifs is 1. The Morgan fingerprint density at radius 2 is 2.35 bits per heavy atom. The largest absolute Gasteiger partial charge is 0.337 e. The molecule has 0 aromatic heterocycles. The van der Waals surface area contributed by atoms with E-state index in [2.05, 4.69) is 10.6 Å². The number of halogens is 1. The van der Waals surface area contributed by atoms with Crippen molar-refractivity contribution in [2.75, 3.05) is 13.1 Å². The Morgan fingerprint density at radius 1 is 1.53 bits per heavy atom. The molecule has 1 aliphatic carbocycles. The Morgan fingerprint density at radius 3 is 3.12 bits per heavy atom. The zero-order chi connectivity index (χ0) is 12.3. The summed E-state index contributed by atoms with van der Waals surface area (Å²) >= 11 is 5.93. The summed E-state index contributed by atoms with van der Waals surface area (Å²) in [4.78, 5) is 11.5. The van der Waals surface area contributed by atoms with Gasteiger partial charge in [0.2, 0.25) is 0 Å². The molecule has 0 saturated carbocycles. The van der Waals surface area contributed by atoms with Crippen molar-refractivity contribution in [2.45, 2.75) is 18.9 Å². The molecule has 1 aromatic carbocycles. The van der Waals surface area contributed by atoms with Gasteiger partial charge in [-0.25, -0.2) is 4.79 Å². The van der Waals surface area contributed by atoms with E-state index in [4.69, 9.17) is 17.3 Å². The Labute approximate surface area is 106 Å². The van der Waals surface area contributed by atoms with Gasteiger partial charge in [0.25, 0.3) is 0 Å². The SMILES string of the molecule is NCCNC(=O)N[C@@H]1CCc2cc(Cl)ccc21. The fourth-order valence-electron chi connectivity index (χ4n) is 2.13. The number of urea groups is 1. The van der Waals surface area contributed by atoms with Gasteiger partial charge in [0.1, 0.15) is 0 Å². The number of benzene rings is 1. The molecule has 4 N–H and O–H groups in total. The summed E-state index contributed by atoms with van der Waals surface area (Å²) in [6, 6.07) is 5.73. The molecular formula is C12H16ClN3O.